The normalized spacial score (nSPS) is 11.1. The van der Waals surface area contributed by atoms with Gasteiger partial charge in [-0.1, -0.05) is 19.1 Å². The lowest BCUT2D eigenvalue weighted by Crippen LogP contribution is -2.38. The Bertz CT molecular complexity index is 686. The molecule has 0 radical (unpaired) electrons. The summed E-state index contributed by atoms with van der Waals surface area (Å²) in [6, 6.07) is 5.21. The van der Waals surface area contributed by atoms with Crippen LogP contribution in [0.3, 0.4) is 0 Å². The van der Waals surface area contributed by atoms with Gasteiger partial charge in [-0.25, -0.2) is 9.38 Å². The SMILES string of the molecule is CCNC(=NCc1ccc(C)c(F)c1)NCCn1cnnc1CC.I. The number of hydrogen-bond acceptors (Lipinski definition) is 3. The lowest BCUT2D eigenvalue weighted by atomic mass is 10.1. The van der Waals surface area contributed by atoms with Crippen molar-refractivity contribution < 1.29 is 4.39 Å². The Morgan fingerprint density at radius 2 is 2.08 bits per heavy atom. The summed E-state index contributed by atoms with van der Waals surface area (Å²) in [5, 5.41) is 14.5. The zero-order chi connectivity index (χ0) is 17.4. The van der Waals surface area contributed by atoms with E-state index in [0.717, 1.165) is 30.9 Å². The minimum absolute atomic E-state index is 0. The molecule has 0 aliphatic heterocycles. The van der Waals surface area contributed by atoms with Crippen LogP contribution in [0.4, 0.5) is 4.39 Å². The molecule has 1 heterocycles. The Hall–Kier alpha value is -1.71. The van der Waals surface area contributed by atoms with Gasteiger partial charge in [-0.3, -0.25) is 0 Å². The molecule has 0 fully saturated rings. The zero-order valence-electron chi connectivity index (χ0n) is 14.9. The zero-order valence-corrected chi connectivity index (χ0v) is 17.3. The van der Waals surface area contributed by atoms with Crippen molar-refractivity contribution in [3.8, 4) is 0 Å². The Kier molecular flexibility index (Phi) is 9.40. The summed E-state index contributed by atoms with van der Waals surface area (Å²) in [6.45, 7) is 8.49. The van der Waals surface area contributed by atoms with Gasteiger partial charge in [-0.05, 0) is 31.0 Å². The Balaban J connectivity index is 0.00000312. The van der Waals surface area contributed by atoms with Crippen molar-refractivity contribution in [2.24, 2.45) is 4.99 Å². The van der Waals surface area contributed by atoms with Crippen LogP contribution in [0.1, 0.15) is 30.8 Å². The summed E-state index contributed by atoms with van der Waals surface area (Å²) in [4.78, 5) is 4.50. The van der Waals surface area contributed by atoms with Crippen molar-refractivity contribution in [2.75, 3.05) is 13.1 Å². The standard InChI is InChI=1S/C17H25FN6.HI/c1-4-16-23-22-12-24(16)9-8-20-17(19-5-2)21-11-14-7-6-13(3)15(18)10-14;/h6-7,10,12H,4-5,8-9,11H2,1-3H3,(H2,19,20,21);1H. The van der Waals surface area contributed by atoms with Crippen LogP contribution in [0, 0.1) is 12.7 Å². The van der Waals surface area contributed by atoms with Crippen molar-refractivity contribution in [3.05, 3.63) is 47.3 Å². The smallest absolute Gasteiger partial charge is 0.191 e. The molecule has 138 valence electrons. The minimum Gasteiger partial charge on any atom is -0.357 e. The molecule has 2 N–H and O–H groups in total. The van der Waals surface area contributed by atoms with Crippen LogP contribution < -0.4 is 10.6 Å². The number of benzene rings is 1. The van der Waals surface area contributed by atoms with E-state index >= 15 is 0 Å². The quantitative estimate of drug-likeness (QED) is 0.379. The molecule has 2 aromatic rings. The molecule has 0 aliphatic rings. The highest BCUT2D eigenvalue weighted by Crippen LogP contribution is 2.09. The first-order valence-corrected chi connectivity index (χ1v) is 8.28. The van der Waals surface area contributed by atoms with E-state index in [4.69, 9.17) is 0 Å². The second kappa shape index (κ2) is 11.0. The third kappa shape index (κ3) is 6.60. The molecule has 25 heavy (non-hydrogen) atoms. The molecule has 1 aromatic carbocycles. The van der Waals surface area contributed by atoms with E-state index in [0.29, 0.717) is 24.6 Å². The van der Waals surface area contributed by atoms with Gasteiger partial charge in [-0.15, -0.1) is 34.2 Å². The van der Waals surface area contributed by atoms with E-state index in [1.54, 1.807) is 19.3 Å². The molecule has 0 saturated carbocycles. The molecule has 0 amide bonds. The predicted molar refractivity (Wildman–Crippen MR) is 109 cm³/mol. The maximum Gasteiger partial charge on any atom is 0.191 e. The molecule has 0 unspecified atom stereocenters. The molecule has 0 atom stereocenters. The number of aliphatic imine (C=N–C) groups is 1. The molecule has 1 aromatic heterocycles. The third-order valence-electron chi connectivity index (χ3n) is 3.66. The molecule has 0 aliphatic carbocycles. The molecular formula is C17H26FIN6. The van der Waals surface area contributed by atoms with Gasteiger partial charge >= 0.3 is 0 Å². The number of nitrogens with one attached hydrogen (secondary N) is 2. The summed E-state index contributed by atoms with van der Waals surface area (Å²) >= 11 is 0. The fraction of sp³-hybridized carbons (Fsp3) is 0.471. The van der Waals surface area contributed by atoms with Crippen LogP contribution in [0.2, 0.25) is 0 Å². The van der Waals surface area contributed by atoms with Gasteiger partial charge in [0.1, 0.15) is 18.0 Å². The van der Waals surface area contributed by atoms with Gasteiger partial charge in [0.25, 0.3) is 0 Å². The lowest BCUT2D eigenvalue weighted by molar-refractivity contribution is 0.616. The van der Waals surface area contributed by atoms with Crippen molar-refractivity contribution in [1.29, 1.82) is 0 Å². The Morgan fingerprint density at radius 3 is 2.76 bits per heavy atom. The molecule has 8 heteroatoms. The first kappa shape index (κ1) is 21.3. The van der Waals surface area contributed by atoms with Crippen LogP contribution in [0.5, 0.6) is 0 Å². The van der Waals surface area contributed by atoms with Crippen LogP contribution in [-0.4, -0.2) is 33.8 Å². The molecule has 6 nitrogen and oxygen atoms in total. The fourth-order valence-electron chi connectivity index (χ4n) is 2.28. The number of hydrogen-bond donors (Lipinski definition) is 2. The maximum absolute atomic E-state index is 13.6. The van der Waals surface area contributed by atoms with E-state index in [2.05, 4.69) is 32.7 Å². The summed E-state index contributed by atoms with van der Waals surface area (Å²) < 4.78 is 15.6. The average molecular weight is 460 g/mol. The van der Waals surface area contributed by atoms with Crippen molar-refractivity contribution in [1.82, 2.24) is 25.4 Å². The number of aryl methyl sites for hydroxylation is 2. The predicted octanol–water partition coefficient (Wildman–Crippen LogP) is 2.66. The first-order valence-electron chi connectivity index (χ1n) is 8.28. The van der Waals surface area contributed by atoms with Gasteiger partial charge in [-0.2, -0.15) is 0 Å². The van der Waals surface area contributed by atoms with E-state index in [9.17, 15) is 4.39 Å². The molecule has 0 saturated heterocycles. The molecule has 0 bridgehead atoms. The summed E-state index contributed by atoms with van der Waals surface area (Å²) in [5.74, 6) is 1.49. The van der Waals surface area contributed by atoms with Crippen molar-refractivity contribution in [3.63, 3.8) is 0 Å². The van der Waals surface area contributed by atoms with Crippen LogP contribution in [0.15, 0.2) is 29.5 Å². The van der Waals surface area contributed by atoms with E-state index in [-0.39, 0.29) is 29.8 Å². The van der Waals surface area contributed by atoms with Crippen LogP contribution in [-0.2, 0) is 19.5 Å². The fourth-order valence-corrected chi connectivity index (χ4v) is 2.28. The van der Waals surface area contributed by atoms with Gasteiger partial charge in [0.15, 0.2) is 5.96 Å². The van der Waals surface area contributed by atoms with Gasteiger partial charge in [0.2, 0.25) is 0 Å². The highest BCUT2D eigenvalue weighted by Gasteiger charge is 2.03. The minimum atomic E-state index is -0.194. The Labute approximate surface area is 165 Å². The highest BCUT2D eigenvalue weighted by molar-refractivity contribution is 14.0. The average Bonchev–Trinajstić information content (AvgIpc) is 3.03. The monoisotopic (exact) mass is 460 g/mol. The highest BCUT2D eigenvalue weighted by atomic mass is 127. The van der Waals surface area contributed by atoms with Gasteiger partial charge in [0.05, 0.1) is 6.54 Å². The summed E-state index contributed by atoms with van der Waals surface area (Å²) in [7, 11) is 0. The van der Waals surface area contributed by atoms with Gasteiger partial charge < -0.3 is 15.2 Å². The first-order chi connectivity index (χ1) is 11.6. The Morgan fingerprint density at radius 1 is 1.28 bits per heavy atom. The maximum atomic E-state index is 13.6. The van der Waals surface area contributed by atoms with Crippen LogP contribution >= 0.6 is 24.0 Å². The number of nitrogens with zero attached hydrogens (tertiary/aromatic N) is 4. The number of aromatic nitrogens is 3. The summed E-state index contributed by atoms with van der Waals surface area (Å²) in [5.41, 5.74) is 1.50. The van der Waals surface area contributed by atoms with E-state index < -0.39 is 0 Å². The van der Waals surface area contributed by atoms with Crippen molar-refractivity contribution in [2.45, 2.75) is 40.3 Å². The topological polar surface area (TPSA) is 67.1 Å². The second-order valence-electron chi connectivity index (χ2n) is 5.50. The van der Waals surface area contributed by atoms with Crippen LogP contribution in [0.25, 0.3) is 0 Å². The largest absolute Gasteiger partial charge is 0.357 e. The van der Waals surface area contributed by atoms with Gasteiger partial charge in [0, 0.05) is 26.1 Å². The number of rotatable bonds is 7. The third-order valence-corrected chi connectivity index (χ3v) is 3.66. The number of halogens is 2. The summed E-state index contributed by atoms with van der Waals surface area (Å²) in [6.07, 6.45) is 2.59. The van der Waals surface area contributed by atoms with Crippen molar-refractivity contribution >= 4 is 29.9 Å². The molecular weight excluding hydrogens is 434 g/mol. The lowest BCUT2D eigenvalue weighted by Gasteiger charge is -2.12. The molecule has 2 rings (SSSR count). The van der Waals surface area contributed by atoms with E-state index in [1.807, 2.05) is 17.6 Å². The number of guanidine groups is 1. The second-order valence-corrected chi connectivity index (χ2v) is 5.50. The molecule has 0 spiro atoms. The van der Waals surface area contributed by atoms with E-state index in [1.165, 1.54) is 6.07 Å².